The van der Waals surface area contributed by atoms with Crippen molar-refractivity contribution < 1.29 is 9.13 Å². The van der Waals surface area contributed by atoms with E-state index in [1.807, 2.05) is 0 Å². The van der Waals surface area contributed by atoms with E-state index in [2.05, 4.69) is 26.3 Å². The van der Waals surface area contributed by atoms with Gasteiger partial charge < -0.3 is 10.2 Å². The number of aromatic nitrogens is 1. The first kappa shape index (κ1) is 12.8. The molecule has 2 aromatic rings. The normalized spacial score (nSPS) is 10.2. The average Bonchev–Trinajstić information content (AvgIpc) is 2.38. The molecule has 0 aliphatic carbocycles. The lowest BCUT2D eigenvalue weighted by Gasteiger charge is -2.08. The van der Waals surface area contributed by atoms with Crippen LogP contribution in [0.15, 0.2) is 41.0 Å². The molecule has 0 amide bonds. The Bertz CT molecular complexity index is 551. The largest absolute Gasteiger partial charge is 0.484 e. The first-order valence-corrected chi connectivity index (χ1v) is 5.98. The lowest BCUT2D eigenvalue weighted by Crippen LogP contribution is -2.08. The van der Waals surface area contributed by atoms with Crippen LogP contribution in [-0.2, 0) is 6.61 Å². The Kier molecular flexibility index (Phi) is 4.11. The van der Waals surface area contributed by atoms with Crippen molar-refractivity contribution in [3.05, 3.63) is 52.5 Å². The zero-order valence-corrected chi connectivity index (χ0v) is 10.9. The van der Waals surface area contributed by atoms with Crippen molar-refractivity contribution in [2.75, 3.05) is 5.43 Å². The van der Waals surface area contributed by atoms with Crippen LogP contribution in [0.25, 0.3) is 0 Å². The molecular formula is C12H11BrFN3O. The quantitative estimate of drug-likeness (QED) is 0.673. The summed E-state index contributed by atoms with van der Waals surface area (Å²) in [4.78, 5) is 4.10. The number of hydrogen-bond donors (Lipinski definition) is 2. The smallest absolute Gasteiger partial charge is 0.166 e. The predicted octanol–water partition coefficient (Wildman–Crippen LogP) is 2.85. The van der Waals surface area contributed by atoms with Gasteiger partial charge in [0.15, 0.2) is 11.6 Å². The van der Waals surface area contributed by atoms with Crippen LogP contribution < -0.4 is 16.0 Å². The van der Waals surface area contributed by atoms with Crippen LogP contribution >= 0.6 is 15.9 Å². The van der Waals surface area contributed by atoms with Crippen molar-refractivity contribution in [3.63, 3.8) is 0 Å². The van der Waals surface area contributed by atoms with Crippen LogP contribution in [-0.4, -0.2) is 4.98 Å². The van der Waals surface area contributed by atoms with Gasteiger partial charge in [0, 0.05) is 10.7 Å². The Morgan fingerprint density at radius 3 is 2.89 bits per heavy atom. The van der Waals surface area contributed by atoms with E-state index in [1.165, 1.54) is 6.07 Å². The maximum atomic E-state index is 13.5. The van der Waals surface area contributed by atoms with Gasteiger partial charge in [-0.1, -0.05) is 15.9 Å². The van der Waals surface area contributed by atoms with Crippen molar-refractivity contribution in [1.82, 2.24) is 4.98 Å². The van der Waals surface area contributed by atoms with Gasteiger partial charge in [0.1, 0.15) is 6.61 Å². The van der Waals surface area contributed by atoms with Gasteiger partial charge in [0.25, 0.3) is 0 Å². The summed E-state index contributed by atoms with van der Waals surface area (Å²) in [5.41, 5.74) is 3.89. The van der Waals surface area contributed by atoms with Crippen molar-refractivity contribution in [2.45, 2.75) is 6.61 Å². The lowest BCUT2D eigenvalue weighted by atomic mass is 10.3. The summed E-state index contributed by atoms with van der Waals surface area (Å²) in [6, 6.07) is 8.08. The fraction of sp³-hybridized carbons (Fsp3) is 0.0833. The number of nitrogens with two attached hydrogens (primary N) is 1. The zero-order valence-electron chi connectivity index (χ0n) is 9.36. The Labute approximate surface area is 112 Å². The molecule has 3 N–H and O–H groups in total. The molecule has 2 rings (SSSR count). The molecular weight excluding hydrogens is 301 g/mol. The predicted molar refractivity (Wildman–Crippen MR) is 70.5 cm³/mol. The Balaban J connectivity index is 2.06. The number of rotatable bonds is 4. The van der Waals surface area contributed by atoms with Crippen LogP contribution in [0, 0.1) is 5.82 Å². The van der Waals surface area contributed by atoms with E-state index in [4.69, 9.17) is 10.6 Å². The van der Waals surface area contributed by atoms with E-state index in [1.54, 1.807) is 30.5 Å². The van der Waals surface area contributed by atoms with Crippen molar-refractivity contribution in [3.8, 4) is 5.75 Å². The highest BCUT2D eigenvalue weighted by atomic mass is 79.9. The molecule has 0 atom stereocenters. The third kappa shape index (κ3) is 3.18. The van der Waals surface area contributed by atoms with E-state index in [0.29, 0.717) is 10.2 Å². The van der Waals surface area contributed by atoms with Crippen molar-refractivity contribution in [1.29, 1.82) is 0 Å². The third-order valence-corrected chi connectivity index (χ3v) is 2.75. The number of hydrogen-bond acceptors (Lipinski definition) is 4. The van der Waals surface area contributed by atoms with Gasteiger partial charge in [-0.3, -0.25) is 10.8 Å². The maximum Gasteiger partial charge on any atom is 0.166 e. The summed E-state index contributed by atoms with van der Waals surface area (Å²) in [6.07, 6.45) is 1.60. The fourth-order valence-electron chi connectivity index (χ4n) is 1.39. The van der Waals surface area contributed by atoms with Crippen molar-refractivity contribution >= 4 is 21.6 Å². The van der Waals surface area contributed by atoms with Gasteiger partial charge in [-0.15, -0.1) is 0 Å². The summed E-state index contributed by atoms with van der Waals surface area (Å²) in [5, 5.41) is 0. The number of hydrazine groups is 1. The molecule has 0 saturated carbocycles. The van der Waals surface area contributed by atoms with Gasteiger partial charge >= 0.3 is 0 Å². The van der Waals surface area contributed by atoms with Crippen molar-refractivity contribution in [2.24, 2.45) is 5.84 Å². The molecule has 0 fully saturated rings. The molecule has 18 heavy (non-hydrogen) atoms. The molecule has 0 aliphatic rings. The van der Waals surface area contributed by atoms with Gasteiger partial charge in [-0.2, -0.15) is 0 Å². The number of benzene rings is 1. The second kappa shape index (κ2) is 5.79. The minimum Gasteiger partial charge on any atom is -0.484 e. The van der Waals surface area contributed by atoms with Crippen LogP contribution in [0.5, 0.6) is 5.75 Å². The minimum atomic E-state index is -0.419. The van der Waals surface area contributed by atoms with E-state index in [0.717, 1.165) is 5.69 Å². The highest BCUT2D eigenvalue weighted by molar-refractivity contribution is 9.10. The number of pyridine rings is 1. The van der Waals surface area contributed by atoms with E-state index >= 15 is 0 Å². The first-order valence-electron chi connectivity index (χ1n) is 5.18. The number of nitrogen functional groups attached to an aromatic ring is 1. The summed E-state index contributed by atoms with van der Waals surface area (Å²) in [5.74, 6) is 5.05. The molecule has 0 unspecified atom stereocenters. The number of anilines is 1. The first-order chi connectivity index (χ1) is 8.69. The highest BCUT2D eigenvalue weighted by Gasteiger charge is 2.05. The van der Waals surface area contributed by atoms with Crippen LogP contribution in [0.2, 0.25) is 0 Å². The van der Waals surface area contributed by atoms with E-state index in [-0.39, 0.29) is 12.4 Å². The zero-order chi connectivity index (χ0) is 13.0. The molecule has 4 nitrogen and oxygen atoms in total. The van der Waals surface area contributed by atoms with Gasteiger partial charge in [-0.25, -0.2) is 4.39 Å². The number of ether oxygens (including phenoxy) is 1. The second-order valence-electron chi connectivity index (χ2n) is 3.54. The number of nitrogens with one attached hydrogen (secondary N) is 1. The summed E-state index contributed by atoms with van der Waals surface area (Å²) in [6.45, 7) is 0.175. The fourth-order valence-corrected chi connectivity index (χ4v) is 1.72. The summed E-state index contributed by atoms with van der Waals surface area (Å²) >= 11 is 3.18. The minimum absolute atomic E-state index is 0.175. The molecule has 1 aromatic heterocycles. The molecule has 1 aromatic carbocycles. The van der Waals surface area contributed by atoms with Crippen LogP contribution in [0.3, 0.4) is 0 Å². The third-order valence-electron chi connectivity index (χ3n) is 2.25. The average molecular weight is 312 g/mol. The molecule has 1 heterocycles. The monoisotopic (exact) mass is 311 g/mol. The Morgan fingerprint density at radius 1 is 1.33 bits per heavy atom. The van der Waals surface area contributed by atoms with Gasteiger partial charge in [0.2, 0.25) is 0 Å². The summed E-state index contributed by atoms with van der Waals surface area (Å²) in [7, 11) is 0. The SMILES string of the molecule is NNc1ccnc(COc2ccc(Br)cc2F)c1. The van der Waals surface area contributed by atoms with Crippen LogP contribution in [0.4, 0.5) is 10.1 Å². The number of nitrogens with zero attached hydrogens (tertiary/aromatic N) is 1. The van der Waals surface area contributed by atoms with Gasteiger partial charge in [0.05, 0.1) is 11.4 Å². The maximum absolute atomic E-state index is 13.5. The lowest BCUT2D eigenvalue weighted by molar-refractivity contribution is 0.286. The van der Waals surface area contributed by atoms with Crippen LogP contribution in [0.1, 0.15) is 5.69 Å². The molecule has 0 spiro atoms. The topological polar surface area (TPSA) is 60.2 Å². The van der Waals surface area contributed by atoms with E-state index < -0.39 is 5.82 Å². The molecule has 0 saturated heterocycles. The Morgan fingerprint density at radius 2 is 2.17 bits per heavy atom. The standard InChI is InChI=1S/C12H11BrFN3O/c13-8-1-2-12(11(14)5-8)18-7-10-6-9(17-15)3-4-16-10/h1-6H,7,15H2,(H,16,17). The second-order valence-corrected chi connectivity index (χ2v) is 4.46. The van der Waals surface area contributed by atoms with E-state index in [9.17, 15) is 4.39 Å². The molecule has 0 aliphatic heterocycles. The highest BCUT2D eigenvalue weighted by Crippen LogP contribution is 2.22. The number of halogens is 2. The molecule has 0 bridgehead atoms. The van der Waals surface area contributed by atoms with Gasteiger partial charge in [-0.05, 0) is 30.3 Å². The molecule has 0 radical (unpaired) electrons. The molecule has 94 valence electrons. The Hall–Kier alpha value is -1.66. The molecule has 6 heteroatoms. The summed E-state index contributed by atoms with van der Waals surface area (Å²) < 4.78 is 19.5.